The second-order valence-electron chi connectivity index (χ2n) is 17.3. The van der Waals surface area contributed by atoms with Crippen LogP contribution in [0, 0.1) is 28.6 Å². The van der Waals surface area contributed by atoms with Crippen molar-refractivity contribution < 1.29 is 29.5 Å². The third kappa shape index (κ3) is 9.53. The first-order valence-electron chi connectivity index (χ1n) is 20.6. The second kappa shape index (κ2) is 18.1. The summed E-state index contributed by atoms with van der Waals surface area (Å²) in [5.74, 6) is 2.55. The van der Waals surface area contributed by atoms with Crippen molar-refractivity contribution in [2.45, 2.75) is 135 Å². The van der Waals surface area contributed by atoms with E-state index in [1.54, 1.807) is 12.1 Å². The molecule has 2 saturated heterocycles. The molecule has 2 aromatic carbocycles. The number of ether oxygens (including phenoxy) is 3. The van der Waals surface area contributed by atoms with Gasteiger partial charge in [-0.05, 0) is 112 Å². The van der Waals surface area contributed by atoms with E-state index >= 15 is 0 Å². The van der Waals surface area contributed by atoms with Crippen LogP contribution in [-0.4, -0.2) is 47.9 Å². The molecular formula is C46H66O6. The van der Waals surface area contributed by atoms with Gasteiger partial charge >= 0.3 is 0 Å². The van der Waals surface area contributed by atoms with Gasteiger partial charge in [0.1, 0.15) is 11.5 Å². The van der Waals surface area contributed by atoms with Gasteiger partial charge in [-0.1, -0.05) is 94.0 Å². The Morgan fingerprint density at radius 2 is 1.23 bits per heavy atom. The Morgan fingerprint density at radius 1 is 0.692 bits per heavy atom. The highest BCUT2D eigenvalue weighted by molar-refractivity contribution is 5.33. The van der Waals surface area contributed by atoms with E-state index in [-0.39, 0.29) is 54.0 Å². The summed E-state index contributed by atoms with van der Waals surface area (Å²) in [6.45, 7) is 8.41. The number of hydrogen-bond donors (Lipinski definition) is 3. The van der Waals surface area contributed by atoms with E-state index < -0.39 is 0 Å². The lowest BCUT2D eigenvalue weighted by atomic mass is 9.65. The van der Waals surface area contributed by atoms with Crippen molar-refractivity contribution in [2.24, 2.45) is 28.6 Å². The standard InChI is InChI=1S/C46H66O6/c1-4-10-39(14-8-6-5-7-12-34-23-25-45(29-47)27-41(34)43(50-31-45)36-15-19-38(49)20-16-36)52-40-21-17-37(18-22-40)44-42-28-46(30-48,32-51-44)26-24-35(42)13-9-11-33(2)3/h15-24,33,39,41-44,47-49H,4-14,25-32H2,1-3H3. The lowest BCUT2D eigenvalue weighted by molar-refractivity contribution is -0.114. The zero-order valence-corrected chi connectivity index (χ0v) is 32.2. The van der Waals surface area contributed by atoms with Crippen LogP contribution in [0.2, 0.25) is 0 Å². The molecule has 6 rings (SSSR count). The second-order valence-corrected chi connectivity index (χ2v) is 17.3. The average molecular weight is 715 g/mol. The molecule has 0 saturated carbocycles. The number of unbranched alkanes of at least 4 members (excludes halogenated alkanes) is 3. The number of hydrogen-bond acceptors (Lipinski definition) is 6. The number of aliphatic hydroxyl groups excluding tert-OH is 2. The van der Waals surface area contributed by atoms with E-state index in [1.165, 1.54) is 42.4 Å². The third-order valence-electron chi connectivity index (χ3n) is 12.7. The van der Waals surface area contributed by atoms with Gasteiger partial charge in [0.05, 0.1) is 44.7 Å². The van der Waals surface area contributed by atoms with Gasteiger partial charge in [-0.3, -0.25) is 0 Å². The number of aliphatic hydroxyl groups is 2. The number of allylic oxidation sites excluding steroid dienone is 2. The summed E-state index contributed by atoms with van der Waals surface area (Å²) in [4.78, 5) is 0. The van der Waals surface area contributed by atoms with Crippen molar-refractivity contribution in [1.29, 1.82) is 0 Å². The van der Waals surface area contributed by atoms with Crippen LogP contribution < -0.4 is 4.74 Å². The van der Waals surface area contributed by atoms with Crippen molar-refractivity contribution in [1.82, 2.24) is 0 Å². The van der Waals surface area contributed by atoms with Crippen molar-refractivity contribution in [3.8, 4) is 11.5 Å². The summed E-state index contributed by atoms with van der Waals surface area (Å²) >= 11 is 0. The van der Waals surface area contributed by atoms with Crippen LogP contribution >= 0.6 is 0 Å². The minimum atomic E-state index is -0.156. The number of fused-ring (bicyclic) bond motifs is 4. The van der Waals surface area contributed by atoms with E-state index in [9.17, 15) is 15.3 Å². The van der Waals surface area contributed by atoms with E-state index in [0.717, 1.165) is 87.9 Å². The average Bonchev–Trinajstić information content (AvgIpc) is 3.16. The third-order valence-corrected chi connectivity index (χ3v) is 12.7. The Balaban J connectivity index is 0.976. The molecular weight excluding hydrogens is 648 g/mol. The van der Waals surface area contributed by atoms with Gasteiger partial charge in [0.15, 0.2) is 0 Å². The number of aromatic hydroxyl groups is 1. The first-order valence-corrected chi connectivity index (χ1v) is 20.6. The van der Waals surface area contributed by atoms with Gasteiger partial charge in [-0.2, -0.15) is 0 Å². The predicted molar refractivity (Wildman–Crippen MR) is 208 cm³/mol. The van der Waals surface area contributed by atoms with Gasteiger partial charge in [0.2, 0.25) is 0 Å². The minimum absolute atomic E-state index is 0.0186. The Kier molecular flexibility index (Phi) is 13.6. The number of benzene rings is 2. The van der Waals surface area contributed by atoms with Gasteiger partial charge in [0.25, 0.3) is 0 Å². The lowest BCUT2D eigenvalue weighted by Crippen LogP contribution is -2.43. The first kappa shape index (κ1) is 39.1. The van der Waals surface area contributed by atoms with Gasteiger partial charge in [-0.25, -0.2) is 0 Å². The van der Waals surface area contributed by atoms with Crippen LogP contribution in [0.25, 0.3) is 0 Å². The van der Waals surface area contributed by atoms with Crippen molar-refractivity contribution in [3.63, 3.8) is 0 Å². The molecule has 0 spiro atoms. The molecule has 7 unspecified atom stereocenters. The molecule has 6 heteroatoms. The van der Waals surface area contributed by atoms with Crippen LogP contribution in [-0.2, 0) is 9.47 Å². The monoisotopic (exact) mass is 714 g/mol. The van der Waals surface area contributed by atoms with Crippen LogP contribution in [0.5, 0.6) is 11.5 Å². The number of rotatable bonds is 19. The molecule has 2 aliphatic carbocycles. The highest BCUT2D eigenvalue weighted by atomic mass is 16.5. The fourth-order valence-electron chi connectivity index (χ4n) is 9.49. The summed E-state index contributed by atoms with van der Waals surface area (Å²) in [5.41, 5.74) is 5.05. The van der Waals surface area contributed by atoms with Crippen molar-refractivity contribution in [3.05, 3.63) is 83.0 Å². The van der Waals surface area contributed by atoms with Crippen LogP contribution in [0.4, 0.5) is 0 Å². The molecule has 2 heterocycles. The fraction of sp³-hybridized carbons (Fsp3) is 0.652. The van der Waals surface area contributed by atoms with Crippen LogP contribution in [0.3, 0.4) is 0 Å². The summed E-state index contributed by atoms with van der Waals surface area (Å²) in [6.07, 6.45) is 21.5. The Hall–Kier alpha value is -2.64. The molecule has 0 amide bonds. The Labute approximate surface area is 313 Å². The molecule has 6 nitrogen and oxygen atoms in total. The molecule has 0 aromatic heterocycles. The summed E-state index contributed by atoms with van der Waals surface area (Å²) in [7, 11) is 0. The van der Waals surface area contributed by atoms with Crippen molar-refractivity contribution in [2.75, 3.05) is 26.4 Å². The number of phenolic OH excluding ortho intramolecular Hbond substituents is 1. The van der Waals surface area contributed by atoms with Crippen LogP contribution in [0.1, 0.15) is 140 Å². The number of phenols is 1. The predicted octanol–water partition coefficient (Wildman–Crippen LogP) is 10.6. The fourth-order valence-corrected chi connectivity index (χ4v) is 9.49. The maximum atomic E-state index is 10.3. The lowest BCUT2D eigenvalue weighted by Gasteiger charge is -2.47. The molecule has 4 bridgehead atoms. The van der Waals surface area contributed by atoms with E-state index in [0.29, 0.717) is 19.1 Å². The maximum Gasteiger partial charge on any atom is 0.119 e. The Bertz CT molecular complexity index is 1460. The first-order chi connectivity index (χ1) is 25.3. The molecule has 4 aliphatic rings. The highest BCUT2D eigenvalue weighted by Gasteiger charge is 2.46. The normalized spacial score (nSPS) is 29.0. The molecule has 0 radical (unpaired) electrons. The largest absolute Gasteiger partial charge is 0.508 e. The molecule has 2 aromatic rings. The highest BCUT2D eigenvalue weighted by Crippen LogP contribution is 2.53. The summed E-state index contributed by atoms with van der Waals surface area (Å²) < 4.78 is 19.6. The molecule has 2 aliphatic heterocycles. The van der Waals surface area contributed by atoms with Crippen molar-refractivity contribution >= 4 is 0 Å². The SMILES string of the molecule is CCCC(CCCCCCC1=CCC2(CO)COC(c3ccc(O)cc3)C1C2)Oc1ccc(C2OCC3(CO)CC=C(CCCC(C)C)C2C3)cc1. The maximum absolute atomic E-state index is 10.3. The van der Waals surface area contributed by atoms with E-state index in [4.69, 9.17) is 14.2 Å². The van der Waals surface area contributed by atoms with Crippen LogP contribution in [0.15, 0.2) is 71.8 Å². The zero-order valence-electron chi connectivity index (χ0n) is 32.2. The van der Waals surface area contributed by atoms with Gasteiger partial charge in [-0.15, -0.1) is 0 Å². The topological polar surface area (TPSA) is 88.4 Å². The minimum Gasteiger partial charge on any atom is -0.508 e. The molecule has 7 atom stereocenters. The smallest absolute Gasteiger partial charge is 0.119 e. The summed E-state index contributed by atoms with van der Waals surface area (Å²) in [6, 6.07) is 16.2. The molecule has 286 valence electrons. The van der Waals surface area contributed by atoms with Gasteiger partial charge < -0.3 is 29.5 Å². The van der Waals surface area contributed by atoms with E-state index in [2.05, 4.69) is 57.2 Å². The molecule has 52 heavy (non-hydrogen) atoms. The van der Waals surface area contributed by atoms with Gasteiger partial charge in [0, 0.05) is 22.7 Å². The quantitative estimate of drug-likeness (QED) is 0.0992. The van der Waals surface area contributed by atoms with E-state index in [1.807, 2.05) is 12.1 Å². The molecule has 3 N–H and O–H groups in total. The summed E-state index contributed by atoms with van der Waals surface area (Å²) in [5, 5.41) is 30.3. The Morgan fingerprint density at radius 3 is 1.77 bits per heavy atom. The molecule has 2 fully saturated rings. The zero-order chi connectivity index (χ0) is 36.6.